The highest BCUT2D eigenvalue weighted by molar-refractivity contribution is 6.31. The van der Waals surface area contributed by atoms with Crippen molar-refractivity contribution in [1.82, 2.24) is 10.2 Å². The lowest BCUT2D eigenvalue weighted by Gasteiger charge is -2.34. The van der Waals surface area contributed by atoms with Crippen molar-refractivity contribution in [3.8, 4) is 0 Å². The molecule has 1 aromatic carbocycles. The highest BCUT2D eigenvalue weighted by Gasteiger charge is 2.27. The zero-order chi connectivity index (χ0) is 15.4. The minimum Gasteiger partial charge on any atom is -0.393 e. The van der Waals surface area contributed by atoms with Crippen molar-refractivity contribution in [3.05, 3.63) is 34.9 Å². The molecule has 1 heterocycles. The average Bonchev–Trinajstić information content (AvgIpc) is 2.47. The molecular weight excluding hydrogens is 288 g/mol. The summed E-state index contributed by atoms with van der Waals surface area (Å²) >= 11 is 6.16. The first kappa shape index (κ1) is 16.1. The van der Waals surface area contributed by atoms with E-state index in [1.54, 1.807) is 11.8 Å². The maximum absolute atomic E-state index is 12.4. The number of carbonyl (C=O) groups excluding carboxylic acids is 1. The second-order valence-corrected chi connectivity index (χ2v) is 6.19. The van der Waals surface area contributed by atoms with Crippen molar-refractivity contribution in [2.24, 2.45) is 5.92 Å². The van der Waals surface area contributed by atoms with E-state index < -0.39 is 0 Å². The highest BCUT2D eigenvalue weighted by Crippen LogP contribution is 2.23. The van der Waals surface area contributed by atoms with Gasteiger partial charge in [-0.05, 0) is 38.3 Å². The Balaban J connectivity index is 1.96. The zero-order valence-electron chi connectivity index (χ0n) is 12.6. The molecular formula is C16H23ClN2O2. The molecule has 0 saturated carbocycles. The van der Waals surface area contributed by atoms with E-state index in [9.17, 15) is 9.90 Å². The van der Waals surface area contributed by atoms with Gasteiger partial charge in [0, 0.05) is 24.0 Å². The molecule has 116 valence electrons. The monoisotopic (exact) mass is 310 g/mol. The molecule has 3 unspecified atom stereocenters. The normalized spacial score (nSPS) is 21.7. The van der Waals surface area contributed by atoms with Crippen molar-refractivity contribution >= 4 is 17.6 Å². The molecule has 1 aliphatic rings. The fourth-order valence-corrected chi connectivity index (χ4v) is 3.07. The first-order chi connectivity index (χ1) is 9.99. The van der Waals surface area contributed by atoms with Gasteiger partial charge in [-0.2, -0.15) is 0 Å². The number of benzene rings is 1. The number of aliphatic hydroxyl groups excluding tert-OH is 1. The predicted octanol–water partition coefficient (Wildman–Crippen LogP) is 3.20. The van der Waals surface area contributed by atoms with Crippen molar-refractivity contribution in [3.63, 3.8) is 0 Å². The van der Waals surface area contributed by atoms with E-state index >= 15 is 0 Å². The van der Waals surface area contributed by atoms with Crippen LogP contribution in [-0.4, -0.2) is 35.2 Å². The molecule has 21 heavy (non-hydrogen) atoms. The number of halogens is 1. The van der Waals surface area contributed by atoms with E-state index in [1.807, 2.05) is 31.2 Å². The van der Waals surface area contributed by atoms with Gasteiger partial charge in [-0.3, -0.25) is 0 Å². The Morgan fingerprint density at radius 3 is 2.81 bits per heavy atom. The Bertz CT molecular complexity index is 493. The first-order valence-electron chi connectivity index (χ1n) is 7.47. The van der Waals surface area contributed by atoms with Gasteiger partial charge in [-0.15, -0.1) is 0 Å². The molecule has 2 amide bonds. The fraction of sp³-hybridized carbons (Fsp3) is 0.562. The lowest BCUT2D eigenvalue weighted by molar-refractivity contribution is 0.0734. The zero-order valence-corrected chi connectivity index (χ0v) is 13.3. The largest absolute Gasteiger partial charge is 0.393 e. The summed E-state index contributed by atoms with van der Waals surface area (Å²) in [5.74, 6) is 0.167. The maximum atomic E-state index is 12.4. The van der Waals surface area contributed by atoms with Crippen LogP contribution in [0.15, 0.2) is 24.3 Å². The van der Waals surface area contributed by atoms with Crippen molar-refractivity contribution in [1.29, 1.82) is 0 Å². The fourth-order valence-electron chi connectivity index (χ4n) is 2.77. The number of hydrogen-bond acceptors (Lipinski definition) is 2. The summed E-state index contributed by atoms with van der Waals surface area (Å²) in [6, 6.07) is 7.30. The van der Waals surface area contributed by atoms with Gasteiger partial charge < -0.3 is 15.3 Å². The molecule has 1 saturated heterocycles. The Labute approximate surface area is 131 Å². The second kappa shape index (κ2) is 7.14. The van der Waals surface area contributed by atoms with Gasteiger partial charge in [0.05, 0.1) is 12.1 Å². The van der Waals surface area contributed by atoms with E-state index in [-0.39, 0.29) is 24.1 Å². The van der Waals surface area contributed by atoms with Crippen LogP contribution in [0.2, 0.25) is 5.02 Å². The molecule has 0 aliphatic carbocycles. The number of amides is 2. The molecule has 2 rings (SSSR count). The molecule has 1 fully saturated rings. The molecule has 4 nitrogen and oxygen atoms in total. The third kappa shape index (κ3) is 4.11. The van der Waals surface area contributed by atoms with Crippen LogP contribution in [0.5, 0.6) is 0 Å². The minimum atomic E-state index is -0.374. The minimum absolute atomic E-state index is 0.0900. The number of urea groups is 1. The number of rotatable bonds is 3. The highest BCUT2D eigenvalue weighted by atomic mass is 35.5. The first-order valence-corrected chi connectivity index (χ1v) is 7.84. The van der Waals surface area contributed by atoms with Crippen molar-refractivity contribution in [2.45, 2.75) is 38.8 Å². The molecule has 1 aromatic rings. The Kier molecular flexibility index (Phi) is 5.48. The molecule has 1 aliphatic heterocycles. The van der Waals surface area contributed by atoms with Gasteiger partial charge in [-0.1, -0.05) is 29.8 Å². The lowest BCUT2D eigenvalue weighted by atomic mass is 9.94. The quantitative estimate of drug-likeness (QED) is 0.900. The average molecular weight is 311 g/mol. The summed E-state index contributed by atoms with van der Waals surface area (Å²) in [7, 11) is 0. The van der Waals surface area contributed by atoms with E-state index in [4.69, 9.17) is 11.6 Å². The molecule has 3 atom stereocenters. The number of piperidine rings is 1. The number of likely N-dealkylation sites (tertiary alicyclic amines) is 1. The summed E-state index contributed by atoms with van der Waals surface area (Å²) in [5.41, 5.74) is 0.914. The van der Waals surface area contributed by atoms with E-state index in [0.717, 1.165) is 24.9 Å². The van der Waals surface area contributed by atoms with E-state index in [0.29, 0.717) is 11.6 Å². The number of aliphatic hydroxyl groups is 1. The maximum Gasteiger partial charge on any atom is 0.317 e. The Hall–Kier alpha value is -1.26. The van der Waals surface area contributed by atoms with Crippen LogP contribution < -0.4 is 5.32 Å². The number of nitrogens with one attached hydrogen (secondary N) is 1. The summed E-state index contributed by atoms with van der Waals surface area (Å²) in [6.45, 7) is 5.07. The second-order valence-electron chi connectivity index (χ2n) is 5.78. The lowest BCUT2D eigenvalue weighted by Crippen LogP contribution is -2.47. The SMILES string of the molecule is CC(NC(=O)N1CCCC(C(C)O)C1)c1ccccc1Cl. The van der Waals surface area contributed by atoms with Crippen LogP contribution in [0.4, 0.5) is 4.79 Å². The number of nitrogens with zero attached hydrogens (tertiary/aromatic N) is 1. The Morgan fingerprint density at radius 2 is 2.14 bits per heavy atom. The number of carbonyl (C=O) groups is 1. The van der Waals surface area contributed by atoms with Gasteiger partial charge in [0.25, 0.3) is 0 Å². The third-order valence-corrected chi connectivity index (χ3v) is 4.48. The molecule has 0 spiro atoms. The molecule has 5 heteroatoms. The summed E-state index contributed by atoms with van der Waals surface area (Å²) in [4.78, 5) is 14.1. The number of hydrogen-bond donors (Lipinski definition) is 2. The van der Waals surface area contributed by atoms with Gasteiger partial charge in [-0.25, -0.2) is 4.79 Å². The van der Waals surface area contributed by atoms with Gasteiger partial charge in [0.15, 0.2) is 0 Å². The van der Waals surface area contributed by atoms with Crippen LogP contribution in [0, 0.1) is 5.92 Å². The third-order valence-electron chi connectivity index (χ3n) is 4.14. The van der Waals surface area contributed by atoms with E-state index in [2.05, 4.69) is 5.32 Å². The van der Waals surface area contributed by atoms with Crippen LogP contribution in [0.3, 0.4) is 0 Å². The van der Waals surface area contributed by atoms with Crippen LogP contribution in [-0.2, 0) is 0 Å². The molecule has 2 N–H and O–H groups in total. The molecule has 0 radical (unpaired) electrons. The summed E-state index contributed by atoms with van der Waals surface area (Å²) < 4.78 is 0. The summed E-state index contributed by atoms with van der Waals surface area (Å²) in [5, 5.41) is 13.3. The van der Waals surface area contributed by atoms with Crippen LogP contribution in [0.25, 0.3) is 0 Å². The van der Waals surface area contributed by atoms with Gasteiger partial charge >= 0.3 is 6.03 Å². The standard InChI is InChI=1S/C16H23ClN2O2/c1-11(14-7-3-4-8-15(14)17)18-16(21)19-9-5-6-13(10-19)12(2)20/h3-4,7-8,11-13,20H,5-6,9-10H2,1-2H3,(H,18,21). The van der Waals surface area contributed by atoms with Gasteiger partial charge in [0.1, 0.15) is 0 Å². The predicted molar refractivity (Wildman–Crippen MR) is 84.4 cm³/mol. The van der Waals surface area contributed by atoms with Crippen LogP contribution in [0.1, 0.15) is 38.3 Å². The summed E-state index contributed by atoms with van der Waals surface area (Å²) in [6.07, 6.45) is 1.53. The van der Waals surface area contributed by atoms with Gasteiger partial charge in [0.2, 0.25) is 0 Å². The smallest absolute Gasteiger partial charge is 0.317 e. The topological polar surface area (TPSA) is 52.6 Å². The Morgan fingerprint density at radius 1 is 1.43 bits per heavy atom. The van der Waals surface area contributed by atoms with Crippen molar-refractivity contribution in [2.75, 3.05) is 13.1 Å². The molecule has 0 bridgehead atoms. The van der Waals surface area contributed by atoms with Crippen molar-refractivity contribution < 1.29 is 9.90 Å². The van der Waals surface area contributed by atoms with E-state index in [1.165, 1.54) is 0 Å². The van der Waals surface area contributed by atoms with Crippen LogP contribution >= 0.6 is 11.6 Å². The molecule has 0 aromatic heterocycles.